The van der Waals surface area contributed by atoms with Crippen LogP contribution < -0.4 is 19.3 Å². The van der Waals surface area contributed by atoms with Crippen LogP contribution in [-0.2, 0) is 12.8 Å². The molecule has 0 saturated carbocycles. The Balaban J connectivity index is 0.952. The predicted molar refractivity (Wildman–Crippen MR) is 299 cm³/mol. The number of anilines is 6. The van der Waals surface area contributed by atoms with Gasteiger partial charge in [-0.15, -0.1) is 0 Å². The zero-order valence-electron chi connectivity index (χ0n) is 41.1. The molecular weight excluding hydrogens is 853 g/mol. The summed E-state index contributed by atoms with van der Waals surface area (Å²) in [6.45, 7) is 8.89. The van der Waals surface area contributed by atoms with Crippen molar-refractivity contribution in [3.05, 3.63) is 251 Å². The van der Waals surface area contributed by atoms with Crippen LogP contribution in [0.1, 0.15) is 58.4 Å². The molecule has 0 atom stereocenters. The molecule has 0 N–H and O–H groups in total. The van der Waals surface area contributed by atoms with Crippen LogP contribution in [0.15, 0.2) is 206 Å². The van der Waals surface area contributed by atoms with E-state index in [1.54, 1.807) is 14.2 Å². The molecule has 4 heteroatoms. The van der Waals surface area contributed by atoms with Crippen molar-refractivity contribution in [3.8, 4) is 33.8 Å². The lowest BCUT2D eigenvalue weighted by Gasteiger charge is -2.29. The second-order valence-electron chi connectivity index (χ2n) is 17.6. The van der Waals surface area contributed by atoms with Crippen molar-refractivity contribution < 1.29 is 9.47 Å². The normalized spacial score (nSPS) is 11.3. The Labute approximate surface area is 415 Å². The monoisotopic (exact) mass is 912 g/mol. The van der Waals surface area contributed by atoms with Crippen LogP contribution in [0.2, 0.25) is 0 Å². The molecule has 70 heavy (non-hydrogen) atoms. The third-order valence-electron chi connectivity index (χ3n) is 13.1. The minimum atomic E-state index is 0.856. The molecule has 0 aliphatic heterocycles. The van der Waals surface area contributed by atoms with Crippen LogP contribution in [0, 0.1) is 13.8 Å². The number of benzene rings is 9. The van der Waals surface area contributed by atoms with E-state index in [2.05, 4.69) is 244 Å². The maximum absolute atomic E-state index is 5.33. The van der Waals surface area contributed by atoms with Gasteiger partial charge in [-0.3, -0.25) is 0 Å². The molecule has 346 valence electrons. The van der Waals surface area contributed by atoms with Crippen molar-refractivity contribution >= 4 is 58.4 Å². The highest BCUT2D eigenvalue weighted by molar-refractivity contribution is 5.85. The number of hydrogen-bond acceptors (Lipinski definition) is 4. The van der Waals surface area contributed by atoms with Crippen molar-refractivity contribution in [3.63, 3.8) is 0 Å². The average molecular weight is 913 g/mol. The lowest BCUT2D eigenvalue weighted by atomic mass is 9.98. The number of aryl methyl sites for hydroxylation is 4. The van der Waals surface area contributed by atoms with E-state index in [1.165, 1.54) is 55.9 Å². The minimum absolute atomic E-state index is 0.856. The van der Waals surface area contributed by atoms with Gasteiger partial charge in [0.05, 0.1) is 25.6 Å². The molecule has 9 rings (SSSR count). The summed E-state index contributed by atoms with van der Waals surface area (Å²) < 4.78 is 10.7. The van der Waals surface area contributed by atoms with Crippen molar-refractivity contribution in [1.82, 2.24) is 0 Å². The zero-order chi connectivity index (χ0) is 48.4. The molecule has 9 aromatic carbocycles. The molecule has 0 saturated heterocycles. The first-order valence-electron chi connectivity index (χ1n) is 24.2. The molecule has 0 amide bonds. The van der Waals surface area contributed by atoms with Gasteiger partial charge in [-0.1, -0.05) is 172 Å². The Hall–Kier alpha value is -8.34. The molecule has 0 heterocycles. The van der Waals surface area contributed by atoms with Crippen molar-refractivity contribution in [2.45, 2.75) is 40.5 Å². The molecule has 0 bridgehead atoms. The highest BCUT2D eigenvalue weighted by Gasteiger charge is 2.20. The van der Waals surface area contributed by atoms with Gasteiger partial charge in [0.2, 0.25) is 0 Å². The summed E-state index contributed by atoms with van der Waals surface area (Å²) in [6.07, 6.45) is 10.5. The summed E-state index contributed by atoms with van der Waals surface area (Å²) in [5.41, 5.74) is 21.3. The van der Waals surface area contributed by atoms with Crippen LogP contribution in [-0.4, -0.2) is 14.2 Å². The standard InChI is InChI=1S/C66H60N2O2/c1-7-53-13-9-11-47(3)65(53)67(59-35-19-49(20-36-59)15-17-51-23-43-63(69-5)44-24-51)61-39-31-57(32-40-61)55-27-29-56(30-28-55)58-33-41-62(42-34-58)68(66-48(4)12-10-14-54(66)8-2)60-37-21-50(22-38-60)16-18-52-25-45-64(70-6)46-26-52/h9-46H,7-8H2,1-6H3/b17-15+,18-16+. The fraction of sp³-hybridized carbons (Fsp3) is 0.121. The summed E-state index contributed by atoms with van der Waals surface area (Å²) in [5, 5.41) is 0. The maximum Gasteiger partial charge on any atom is 0.118 e. The largest absolute Gasteiger partial charge is 0.497 e. The van der Waals surface area contributed by atoms with Gasteiger partial charge in [-0.25, -0.2) is 0 Å². The maximum atomic E-state index is 5.33. The highest BCUT2D eigenvalue weighted by atomic mass is 16.5. The molecule has 0 radical (unpaired) electrons. The quantitative estimate of drug-likeness (QED) is 0.0902. The number of rotatable bonds is 16. The second kappa shape index (κ2) is 21.7. The first-order valence-corrected chi connectivity index (χ1v) is 24.2. The number of ether oxygens (including phenoxy) is 2. The molecule has 0 aliphatic rings. The van der Waals surface area contributed by atoms with Crippen LogP contribution in [0.4, 0.5) is 34.1 Å². The van der Waals surface area contributed by atoms with Gasteiger partial charge in [0.1, 0.15) is 11.5 Å². The predicted octanol–water partition coefficient (Wildman–Crippen LogP) is 18.1. The van der Waals surface area contributed by atoms with E-state index in [4.69, 9.17) is 9.47 Å². The number of para-hydroxylation sites is 2. The Morgan fingerprint density at radius 2 is 0.586 bits per heavy atom. The van der Waals surface area contributed by atoms with E-state index in [0.29, 0.717) is 0 Å². The minimum Gasteiger partial charge on any atom is -0.497 e. The fourth-order valence-electron chi connectivity index (χ4n) is 9.21. The van der Waals surface area contributed by atoms with Gasteiger partial charge in [0, 0.05) is 22.7 Å². The molecular formula is C66H60N2O2. The number of methoxy groups -OCH3 is 2. The van der Waals surface area contributed by atoms with Gasteiger partial charge in [-0.05, 0) is 166 Å². The average Bonchev–Trinajstić information content (AvgIpc) is 3.42. The molecule has 0 aromatic heterocycles. The first-order chi connectivity index (χ1) is 34.3. The van der Waals surface area contributed by atoms with E-state index < -0.39 is 0 Å². The van der Waals surface area contributed by atoms with Gasteiger partial charge in [-0.2, -0.15) is 0 Å². The third kappa shape index (κ3) is 10.5. The van der Waals surface area contributed by atoms with Gasteiger partial charge in [0.25, 0.3) is 0 Å². The smallest absolute Gasteiger partial charge is 0.118 e. The fourth-order valence-corrected chi connectivity index (χ4v) is 9.21. The molecule has 0 fully saturated rings. The summed E-state index contributed by atoms with van der Waals surface area (Å²) in [5.74, 6) is 1.71. The Bertz CT molecular complexity index is 2980. The topological polar surface area (TPSA) is 24.9 Å². The summed E-state index contributed by atoms with van der Waals surface area (Å²) in [6, 6.07) is 74.1. The summed E-state index contributed by atoms with van der Waals surface area (Å²) in [4.78, 5) is 4.81. The van der Waals surface area contributed by atoms with Crippen LogP contribution in [0.3, 0.4) is 0 Å². The number of nitrogens with zero attached hydrogens (tertiary/aromatic N) is 2. The summed E-state index contributed by atoms with van der Waals surface area (Å²) in [7, 11) is 3.38. The molecule has 9 aromatic rings. The summed E-state index contributed by atoms with van der Waals surface area (Å²) >= 11 is 0. The van der Waals surface area contributed by atoms with Gasteiger partial charge in [0.15, 0.2) is 0 Å². The molecule has 0 aliphatic carbocycles. The van der Waals surface area contributed by atoms with Gasteiger partial charge >= 0.3 is 0 Å². The molecule has 4 nitrogen and oxygen atoms in total. The van der Waals surface area contributed by atoms with Crippen LogP contribution in [0.5, 0.6) is 11.5 Å². The van der Waals surface area contributed by atoms with Crippen molar-refractivity contribution in [2.24, 2.45) is 0 Å². The lowest BCUT2D eigenvalue weighted by molar-refractivity contribution is 0.414. The SMILES string of the molecule is CCc1cccc(C)c1N(c1ccc(/C=C/c2ccc(OC)cc2)cc1)c1ccc(-c2ccc(-c3ccc(N(c4ccc(/C=C/c5ccc(OC)cc5)cc4)c4c(C)cccc4CC)cc3)cc2)cc1. The van der Waals surface area contributed by atoms with E-state index >= 15 is 0 Å². The zero-order valence-corrected chi connectivity index (χ0v) is 41.1. The van der Waals surface area contributed by atoms with Crippen molar-refractivity contribution in [2.75, 3.05) is 24.0 Å². The Morgan fingerprint density at radius 3 is 0.857 bits per heavy atom. The van der Waals surface area contributed by atoms with E-state index in [9.17, 15) is 0 Å². The second-order valence-corrected chi connectivity index (χ2v) is 17.6. The van der Waals surface area contributed by atoms with E-state index in [1.807, 2.05) is 24.3 Å². The Morgan fingerprint density at radius 1 is 0.329 bits per heavy atom. The van der Waals surface area contributed by atoms with E-state index in [0.717, 1.165) is 69.3 Å². The number of hydrogen-bond donors (Lipinski definition) is 0. The molecule has 0 spiro atoms. The van der Waals surface area contributed by atoms with Crippen molar-refractivity contribution in [1.29, 1.82) is 0 Å². The van der Waals surface area contributed by atoms with Gasteiger partial charge < -0.3 is 19.3 Å². The van der Waals surface area contributed by atoms with Crippen LogP contribution >= 0.6 is 0 Å². The molecule has 0 unspecified atom stereocenters. The first kappa shape index (κ1) is 46.8. The van der Waals surface area contributed by atoms with E-state index in [-0.39, 0.29) is 0 Å². The highest BCUT2D eigenvalue weighted by Crippen LogP contribution is 2.42. The Kier molecular flexibility index (Phi) is 14.5. The van der Waals surface area contributed by atoms with Crippen LogP contribution in [0.25, 0.3) is 46.6 Å². The lowest BCUT2D eigenvalue weighted by Crippen LogP contribution is -2.13. The third-order valence-corrected chi connectivity index (χ3v) is 13.1.